The van der Waals surface area contributed by atoms with Gasteiger partial charge in [-0.25, -0.2) is 4.98 Å². The standard InChI is InChI=1S/C29H45N7O2/c1-4-25-29(31-21-5-8-24(37)9-6-21)33-28(20-30-25)32-26-10-7-23(19-27(26)38-3)35-13-11-22(12-14-35)36-17-15-34(2)16-18-36/h7,10,19-22,24,37H,4-6,8-9,11-18H2,1-3H3,(H2,31,32,33). The van der Waals surface area contributed by atoms with Gasteiger partial charge in [0.1, 0.15) is 11.6 Å². The van der Waals surface area contributed by atoms with Crippen LogP contribution in [0.15, 0.2) is 24.4 Å². The highest BCUT2D eigenvalue weighted by Gasteiger charge is 2.27. The number of likely N-dealkylation sites (N-methyl/N-ethyl adjacent to an activating group) is 1. The lowest BCUT2D eigenvalue weighted by Crippen LogP contribution is -2.52. The van der Waals surface area contributed by atoms with Gasteiger partial charge in [0.2, 0.25) is 0 Å². The molecule has 208 valence electrons. The van der Waals surface area contributed by atoms with Crippen molar-refractivity contribution in [2.75, 3.05) is 69.0 Å². The summed E-state index contributed by atoms with van der Waals surface area (Å²) in [7, 11) is 3.94. The Morgan fingerprint density at radius 2 is 1.74 bits per heavy atom. The zero-order valence-corrected chi connectivity index (χ0v) is 23.3. The zero-order valence-electron chi connectivity index (χ0n) is 23.3. The Bertz CT molecular complexity index is 1040. The number of rotatable bonds is 8. The van der Waals surface area contributed by atoms with Crippen LogP contribution >= 0.6 is 0 Å². The van der Waals surface area contributed by atoms with Gasteiger partial charge in [-0.05, 0) is 64.1 Å². The molecule has 5 rings (SSSR count). The molecular formula is C29H45N7O2. The molecule has 3 fully saturated rings. The predicted octanol–water partition coefficient (Wildman–Crippen LogP) is 3.72. The molecule has 0 spiro atoms. The Hall–Kier alpha value is -2.62. The van der Waals surface area contributed by atoms with Crippen LogP contribution in [0, 0.1) is 0 Å². The summed E-state index contributed by atoms with van der Waals surface area (Å²) in [6.07, 6.45) is 8.43. The van der Waals surface area contributed by atoms with E-state index in [1.807, 2.05) is 0 Å². The molecule has 3 N–H and O–H groups in total. The Labute approximate surface area is 227 Å². The molecule has 1 aromatic heterocycles. The van der Waals surface area contributed by atoms with E-state index in [-0.39, 0.29) is 6.10 Å². The Balaban J connectivity index is 1.22. The highest BCUT2D eigenvalue weighted by Crippen LogP contribution is 2.34. The molecular weight excluding hydrogens is 478 g/mol. The molecule has 1 saturated carbocycles. The molecule has 3 heterocycles. The van der Waals surface area contributed by atoms with Crippen molar-refractivity contribution in [2.24, 2.45) is 0 Å². The van der Waals surface area contributed by atoms with Gasteiger partial charge in [0, 0.05) is 63.1 Å². The van der Waals surface area contributed by atoms with Crippen LogP contribution in [-0.2, 0) is 6.42 Å². The first kappa shape index (κ1) is 27.0. The van der Waals surface area contributed by atoms with E-state index in [2.05, 4.69) is 62.5 Å². The maximum Gasteiger partial charge on any atom is 0.151 e. The first-order valence-electron chi connectivity index (χ1n) is 14.5. The van der Waals surface area contributed by atoms with Gasteiger partial charge in [-0.2, -0.15) is 0 Å². The lowest BCUT2D eigenvalue weighted by molar-refractivity contribution is 0.0982. The average Bonchev–Trinajstić information content (AvgIpc) is 2.95. The third kappa shape index (κ3) is 6.50. The average molecular weight is 524 g/mol. The first-order valence-corrected chi connectivity index (χ1v) is 14.5. The topological polar surface area (TPSA) is 89.0 Å². The van der Waals surface area contributed by atoms with Crippen LogP contribution in [0.25, 0.3) is 0 Å². The molecule has 3 aliphatic rings. The van der Waals surface area contributed by atoms with Gasteiger partial charge in [-0.3, -0.25) is 9.88 Å². The first-order chi connectivity index (χ1) is 18.5. The fourth-order valence-corrected chi connectivity index (χ4v) is 6.06. The molecule has 0 unspecified atom stereocenters. The van der Waals surface area contributed by atoms with E-state index in [0.717, 1.165) is 68.1 Å². The third-order valence-corrected chi connectivity index (χ3v) is 8.55. The molecule has 9 nitrogen and oxygen atoms in total. The van der Waals surface area contributed by atoms with Crippen LogP contribution in [0.3, 0.4) is 0 Å². The van der Waals surface area contributed by atoms with Crippen molar-refractivity contribution in [3.8, 4) is 5.75 Å². The number of methoxy groups -OCH3 is 1. The number of aromatic nitrogens is 2. The number of piperidine rings is 1. The molecule has 2 saturated heterocycles. The zero-order chi connectivity index (χ0) is 26.5. The molecule has 1 aromatic carbocycles. The van der Waals surface area contributed by atoms with E-state index in [0.29, 0.717) is 17.9 Å². The fraction of sp³-hybridized carbons (Fsp3) is 0.655. The highest BCUT2D eigenvalue weighted by atomic mass is 16.5. The van der Waals surface area contributed by atoms with Crippen LogP contribution in [0.1, 0.15) is 51.1 Å². The number of aryl methyl sites for hydroxylation is 1. The second-order valence-electron chi connectivity index (χ2n) is 11.1. The number of ether oxygens (including phenoxy) is 1. The van der Waals surface area contributed by atoms with Gasteiger partial charge in [-0.1, -0.05) is 6.92 Å². The molecule has 2 aliphatic heterocycles. The van der Waals surface area contributed by atoms with Crippen LogP contribution in [0.5, 0.6) is 5.75 Å². The van der Waals surface area contributed by atoms with E-state index in [1.165, 1.54) is 44.7 Å². The molecule has 0 radical (unpaired) electrons. The summed E-state index contributed by atoms with van der Waals surface area (Å²) in [5.74, 6) is 2.33. The minimum atomic E-state index is -0.170. The molecule has 9 heteroatoms. The number of nitrogens with one attached hydrogen (secondary N) is 2. The van der Waals surface area contributed by atoms with E-state index in [9.17, 15) is 5.11 Å². The van der Waals surface area contributed by atoms with Gasteiger partial charge >= 0.3 is 0 Å². The second-order valence-corrected chi connectivity index (χ2v) is 11.1. The molecule has 38 heavy (non-hydrogen) atoms. The van der Waals surface area contributed by atoms with E-state index < -0.39 is 0 Å². The molecule has 2 aromatic rings. The monoisotopic (exact) mass is 523 g/mol. The van der Waals surface area contributed by atoms with Crippen molar-refractivity contribution < 1.29 is 9.84 Å². The van der Waals surface area contributed by atoms with Crippen molar-refractivity contribution in [3.05, 3.63) is 30.1 Å². The van der Waals surface area contributed by atoms with Crippen molar-refractivity contribution in [1.29, 1.82) is 0 Å². The lowest BCUT2D eigenvalue weighted by atomic mass is 9.93. The van der Waals surface area contributed by atoms with E-state index in [4.69, 9.17) is 9.72 Å². The number of piperazine rings is 1. The minimum absolute atomic E-state index is 0.170. The Morgan fingerprint density at radius 3 is 2.42 bits per heavy atom. The largest absolute Gasteiger partial charge is 0.494 e. The molecule has 1 aliphatic carbocycles. The quantitative estimate of drug-likeness (QED) is 0.479. The Morgan fingerprint density at radius 1 is 1.00 bits per heavy atom. The second kappa shape index (κ2) is 12.5. The normalized spacial score (nSPS) is 23.8. The summed E-state index contributed by atoms with van der Waals surface area (Å²) in [5.41, 5.74) is 3.05. The number of hydrogen-bond acceptors (Lipinski definition) is 9. The Kier molecular flexibility index (Phi) is 8.86. The minimum Gasteiger partial charge on any atom is -0.494 e. The maximum absolute atomic E-state index is 9.84. The number of nitrogens with zero attached hydrogens (tertiary/aromatic N) is 5. The number of anilines is 4. The number of aliphatic hydroxyl groups is 1. The molecule has 0 amide bonds. The number of hydrogen-bond donors (Lipinski definition) is 3. The molecule has 0 bridgehead atoms. The summed E-state index contributed by atoms with van der Waals surface area (Å²) in [5, 5.41) is 16.9. The SMILES string of the molecule is CCc1ncc(Nc2ccc(N3CCC(N4CCN(C)CC4)CC3)cc2OC)nc1NC1CCC(O)CC1. The van der Waals surface area contributed by atoms with E-state index in [1.54, 1.807) is 13.3 Å². The smallest absolute Gasteiger partial charge is 0.151 e. The summed E-state index contributed by atoms with van der Waals surface area (Å²) in [6.45, 7) is 8.99. The van der Waals surface area contributed by atoms with Gasteiger partial charge in [0.15, 0.2) is 5.82 Å². The summed E-state index contributed by atoms with van der Waals surface area (Å²) < 4.78 is 5.79. The summed E-state index contributed by atoms with van der Waals surface area (Å²) >= 11 is 0. The van der Waals surface area contributed by atoms with Crippen molar-refractivity contribution in [2.45, 2.75) is 70.1 Å². The number of aliphatic hydroxyl groups excluding tert-OH is 1. The van der Waals surface area contributed by atoms with Crippen molar-refractivity contribution in [3.63, 3.8) is 0 Å². The van der Waals surface area contributed by atoms with Crippen LogP contribution in [-0.4, -0.2) is 96.5 Å². The summed E-state index contributed by atoms with van der Waals surface area (Å²) in [6, 6.07) is 7.43. The van der Waals surface area contributed by atoms with Crippen LogP contribution in [0.4, 0.5) is 23.0 Å². The maximum atomic E-state index is 9.84. The van der Waals surface area contributed by atoms with Gasteiger partial charge in [-0.15, -0.1) is 0 Å². The highest BCUT2D eigenvalue weighted by molar-refractivity contribution is 5.69. The van der Waals surface area contributed by atoms with Crippen LogP contribution < -0.4 is 20.3 Å². The predicted molar refractivity (Wildman–Crippen MR) is 154 cm³/mol. The fourth-order valence-electron chi connectivity index (χ4n) is 6.06. The number of benzene rings is 1. The van der Waals surface area contributed by atoms with Crippen molar-refractivity contribution in [1.82, 2.24) is 19.8 Å². The van der Waals surface area contributed by atoms with Gasteiger partial charge in [0.05, 0.1) is 30.8 Å². The molecule has 0 atom stereocenters. The lowest BCUT2D eigenvalue weighted by Gasteiger charge is -2.42. The summed E-state index contributed by atoms with van der Waals surface area (Å²) in [4.78, 5) is 17.2. The van der Waals surface area contributed by atoms with Gasteiger partial charge in [0.25, 0.3) is 0 Å². The van der Waals surface area contributed by atoms with Crippen molar-refractivity contribution >= 4 is 23.0 Å². The third-order valence-electron chi connectivity index (χ3n) is 8.55. The van der Waals surface area contributed by atoms with Crippen LogP contribution in [0.2, 0.25) is 0 Å². The van der Waals surface area contributed by atoms with E-state index >= 15 is 0 Å². The van der Waals surface area contributed by atoms with Gasteiger partial charge < -0.3 is 30.3 Å².